The summed E-state index contributed by atoms with van der Waals surface area (Å²) in [5.74, 6) is 0.206. The van der Waals surface area contributed by atoms with Gasteiger partial charge in [-0.15, -0.1) is 0 Å². The third-order valence-corrected chi connectivity index (χ3v) is 3.33. The van der Waals surface area contributed by atoms with E-state index in [1.807, 2.05) is 26.0 Å². The molecule has 0 radical (unpaired) electrons. The first-order valence-corrected chi connectivity index (χ1v) is 7.57. The van der Waals surface area contributed by atoms with Crippen molar-refractivity contribution in [2.75, 3.05) is 0 Å². The van der Waals surface area contributed by atoms with Crippen LogP contribution >= 0.6 is 11.6 Å². The second kappa shape index (κ2) is 7.27. The van der Waals surface area contributed by atoms with Gasteiger partial charge in [0.1, 0.15) is 0 Å². The number of rotatable bonds is 6. The molecular weight excluding hydrogens is 288 g/mol. The van der Waals surface area contributed by atoms with Crippen molar-refractivity contribution in [1.29, 1.82) is 0 Å². The predicted molar refractivity (Wildman–Crippen MR) is 83.1 cm³/mol. The molecule has 0 aliphatic carbocycles. The third-order valence-electron chi connectivity index (χ3n) is 3.10. The van der Waals surface area contributed by atoms with E-state index in [1.54, 1.807) is 22.9 Å². The second-order valence-corrected chi connectivity index (χ2v) is 5.23. The molecule has 1 aromatic carbocycles. The molecule has 4 nitrogen and oxygen atoms in total. The van der Waals surface area contributed by atoms with E-state index in [-0.39, 0.29) is 5.97 Å². The number of ether oxygens (including phenoxy) is 1. The van der Waals surface area contributed by atoms with Gasteiger partial charge in [-0.05, 0) is 31.0 Å². The Balaban J connectivity index is 2.28. The number of aromatic nitrogens is 2. The highest BCUT2D eigenvalue weighted by Crippen LogP contribution is 2.22. The van der Waals surface area contributed by atoms with Crippen LogP contribution in [0.3, 0.4) is 0 Å². The maximum absolute atomic E-state index is 11.8. The van der Waals surface area contributed by atoms with Gasteiger partial charge in [-0.1, -0.05) is 37.9 Å². The van der Waals surface area contributed by atoms with Crippen molar-refractivity contribution in [1.82, 2.24) is 9.78 Å². The van der Waals surface area contributed by atoms with Gasteiger partial charge >= 0.3 is 5.97 Å². The number of hydrogen-bond acceptors (Lipinski definition) is 3. The average molecular weight is 307 g/mol. The van der Waals surface area contributed by atoms with Gasteiger partial charge in [-0.3, -0.25) is 4.79 Å². The molecule has 0 saturated carbocycles. The number of halogens is 1. The molecule has 2 aromatic rings. The summed E-state index contributed by atoms with van der Waals surface area (Å²) in [4.78, 5) is 11.8. The van der Waals surface area contributed by atoms with Crippen molar-refractivity contribution in [3.05, 3.63) is 41.0 Å². The quantitative estimate of drug-likeness (QED) is 0.752. The van der Waals surface area contributed by atoms with E-state index in [2.05, 4.69) is 5.10 Å². The normalized spacial score (nSPS) is 10.6. The molecule has 0 fully saturated rings. The van der Waals surface area contributed by atoms with Crippen molar-refractivity contribution in [3.63, 3.8) is 0 Å². The van der Waals surface area contributed by atoms with Crippen LogP contribution in [0.15, 0.2) is 30.3 Å². The van der Waals surface area contributed by atoms with Gasteiger partial charge in [0.15, 0.2) is 0 Å². The number of esters is 1. The zero-order valence-electron chi connectivity index (χ0n) is 12.3. The van der Waals surface area contributed by atoms with Gasteiger partial charge in [0.2, 0.25) is 5.88 Å². The Morgan fingerprint density at radius 2 is 2.14 bits per heavy atom. The summed E-state index contributed by atoms with van der Waals surface area (Å²) >= 11 is 6.01. The largest absolute Gasteiger partial charge is 0.407 e. The molecule has 0 bridgehead atoms. The van der Waals surface area contributed by atoms with Crippen molar-refractivity contribution < 1.29 is 9.53 Å². The van der Waals surface area contributed by atoms with Crippen LogP contribution in [0.5, 0.6) is 5.88 Å². The predicted octanol–water partition coefficient (Wildman–Crippen LogP) is 4.18. The molecule has 112 valence electrons. The van der Waals surface area contributed by atoms with Crippen LogP contribution < -0.4 is 4.74 Å². The first-order chi connectivity index (χ1) is 10.1. The van der Waals surface area contributed by atoms with E-state index >= 15 is 0 Å². The van der Waals surface area contributed by atoms with E-state index < -0.39 is 0 Å². The highest BCUT2D eigenvalue weighted by molar-refractivity contribution is 6.30. The summed E-state index contributed by atoms with van der Waals surface area (Å²) in [6.07, 6.45) is 2.97. The van der Waals surface area contributed by atoms with Gasteiger partial charge < -0.3 is 4.74 Å². The van der Waals surface area contributed by atoms with Crippen molar-refractivity contribution in [3.8, 4) is 11.6 Å². The molecule has 0 aliphatic heterocycles. The lowest BCUT2D eigenvalue weighted by Crippen LogP contribution is -2.11. The van der Waals surface area contributed by atoms with Gasteiger partial charge in [-0.25, -0.2) is 4.68 Å². The lowest BCUT2D eigenvalue weighted by Gasteiger charge is -2.08. The summed E-state index contributed by atoms with van der Waals surface area (Å²) in [6.45, 7) is 4.05. The summed E-state index contributed by atoms with van der Waals surface area (Å²) in [6, 6.07) is 9.10. The average Bonchev–Trinajstić information content (AvgIpc) is 2.88. The van der Waals surface area contributed by atoms with E-state index in [4.69, 9.17) is 16.3 Å². The standard InChI is InChI=1S/C16H19ClN2O2/c1-3-5-9-16(20)21-15-11-13(4-2)18-19(15)14-8-6-7-12(17)10-14/h6-8,10-11H,3-5,9H2,1-2H3. The molecule has 0 saturated heterocycles. The maximum Gasteiger partial charge on any atom is 0.312 e. The topological polar surface area (TPSA) is 44.1 Å². The van der Waals surface area contributed by atoms with Crippen molar-refractivity contribution in [2.24, 2.45) is 0 Å². The lowest BCUT2D eigenvalue weighted by molar-refractivity contribution is -0.134. The summed E-state index contributed by atoms with van der Waals surface area (Å²) in [5.41, 5.74) is 1.65. The van der Waals surface area contributed by atoms with Crippen LogP contribution in [0, 0.1) is 0 Å². The minimum absolute atomic E-state index is 0.234. The lowest BCUT2D eigenvalue weighted by atomic mass is 10.2. The zero-order valence-corrected chi connectivity index (χ0v) is 13.1. The van der Waals surface area contributed by atoms with Crippen LogP contribution in [0.1, 0.15) is 38.8 Å². The number of hydrogen-bond donors (Lipinski definition) is 0. The Kier molecular flexibility index (Phi) is 5.39. The van der Waals surface area contributed by atoms with E-state index in [9.17, 15) is 4.79 Å². The van der Waals surface area contributed by atoms with Gasteiger partial charge in [-0.2, -0.15) is 5.10 Å². The molecule has 1 heterocycles. The first kappa shape index (κ1) is 15.6. The maximum atomic E-state index is 11.8. The number of benzene rings is 1. The number of carbonyl (C=O) groups excluding carboxylic acids is 1. The number of carbonyl (C=O) groups is 1. The molecule has 0 aliphatic rings. The first-order valence-electron chi connectivity index (χ1n) is 7.19. The van der Waals surface area contributed by atoms with Gasteiger partial charge in [0.05, 0.1) is 11.4 Å². The second-order valence-electron chi connectivity index (χ2n) is 4.80. The Bertz CT molecular complexity index is 622. The highest BCUT2D eigenvalue weighted by atomic mass is 35.5. The summed E-state index contributed by atoms with van der Waals surface area (Å²) in [5, 5.41) is 5.07. The fourth-order valence-electron chi connectivity index (χ4n) is 1.94. The molecule has 5 heteroatoms. The number of unbranched alkanes of at least 4 members (excludes halogenated alkanes) is 1. The van der Waals surface area contributed by atoms with Crippen LogP contribution in [0.2, 0.25) is 5.02 Å². The Morgan fingerprint density at radius 3 is 2.81 bits per heavy atom. The fraction of sp³-hybridized carbons (Fsp3) is 0.375. The highest BCUT2D eigenvalue weighted by Gasteiger charge is 2.14. The molecule has 1 aromatic heterocycles. The molecule has 0 spiro atoms. The fourth-order valence-corrected chi connectivity index (χ4v) is 2.12. The third kappa shape index (κ3) is 4.08. The van der Waals surface area contributed by atoms with E-state index in [0.717, 1.165) is 30.6 Å². The minimum Gasteiger partial charge on any atom is -0.407 e. The molecule has 2 rings (SSSR count). The molecule has 0 amide bonds. The summed E-state index contributed by atoms with van der Waals surface area (Å²) < 4.78 is 7.06. The van der Waals surface area contributed by atoms with E-state index in [0.29, 0.717) is 17.3 Å². The monoisotopic (exact) mass is 306 g/mol. The molecule has 0 atom stereocenters. The molecule has 0 unspecified atom stereocenters. The molecular formula is C16H19ClN2O2. The smallest absolute Gasteiger partial charge is 0.312 e. The van der Waals surface area contributed by atoms with Crippen LogP contribution in [0.25, 0.3) is 5.69 Å². The Labute approximate surface area is 129 Å². The van der Waals surface area contributed by atoms with Crippen molar-refractivity contribution >= 4 is 17.6 Å². The zero-order chi connectivity index (χ0) is 15.2. The van der Waals surface area contributed by atoms with Gasteiger partial charge in [0.25, 0.3) is 0 Å². The SMILES string of the molecule is CCCCC(=O)Oc1cc(CC)nn1-c1cccc(Cl)c1. The van der Waals surface area contributed by atoms with Crippen LogP contribution in [-0.2, 0) is 11.2 Å². The van der Waals surface area contributed by atoms with Crippen molar-refractivity contribution in [2.45, 2.75) is 39.5 Å². The molecule has 21 heavy (non-hydrogen) atoms. The van der Waals surface area contributed by atoms with Crippen LogP contribution in [0.4, 0.5) is 0 Å². The van der Waals surface area contributed by atoms with E-state index in [1.165, 1.54) is 0 Å². The van der Waals surface area contributed by atoms with Gasteiger partial charge in [0, 0.05) is 17.5 Å². The number of aryl methyl sites for hydroxylation is 1. The minimum atomic E-state index is -0.234. The van der Waals surface area contributed by atoms with Crippen LogP contribution in [-0.4, -0.2) is 15.7 Å². The molecule has 0 N–H and O–H groups in total. The Hall–Kier alpha value is -1.81. The number of nitrogens with zero attached hydrogens (tertiary/aromatic N) is 2. The Morgan fingerprint density at radius 1 is 1.33 bits per heavy atom. The summed E-state index contributed by atoms with van der Waals surface area (Å²) in [7, 11) is 0.